The molecular formula is C21H23N3OS. The number of benzene rings is 2. The normalized spacial score (nSPS) is 17.6. The predicted octanol–water partition coefficient (Wildman–Crippen LogP) is 4.38. The van der Waals surface area contributed by atoms with E-state index in [9.17, 15) is 4.79 Å². The molecule has 2 aromatic carbocycles. The fourth-order valence-corrected chi connectivity index (χ4v) is 4.49. The third kappa shape index (κ3) is 3.49. The maximum absolute atomic E-state index is 12.6. The van der Waals surface area contributed by atoms with Gasteiger partial charge in [-0.2, -0.15) is 0 Å². The van der Waals surface area contributed by atoms with Crippen LogP contribution in [0.1, 0.15) is 19.8 Å². The first-order chi connectivity index (χ1) is 12.7. The Morgan fingerprint density at radius 1 is 1.15 bits per heavy atom. The summed E-state index contributed by atoms with van der Waals surface area (Å²) in [5.41, 5.74) is 3.10. The van der Waals surface area contributed by atoms with Crippen LogP contribution in [0.4, 0.5) is 0 Å². The maximum Gasteiger partial charge on any atom is 0.233 e. The van der Waals surface area contributed by atoms with Gasteiger partial charge in [-0.1, -0.05) is 49.0 Å². The second kappa shape index (κ2) is 7.54. The highest BCUT2D eigenvalue weighted by atomic mass is 32.2. The van der Waals surface area contributed by atoms with E-state index in [1.54, 1.807) is 0 Å². The molecule has 0 spiro atoms. The van der Waals surface area contributed by atoms with Crippen molar-refractivity contribution in [3.63, 3.8) is 0 Å². The van der Waals surface area contributed by atoms with Crippen molar-refractivity contribution in [2.45, 2.75) is 24.9 Å². The lowest BCUT2D eigenvalue weighted by Crippen LogP contribution is -2.40. The molecule has 2 heterocycles. The molecule has 4 nitrogen and oxygen atoms in total. The zero-order valence-corrected chi connectivity index (χ0v) is 15.8. The number of piperidine rings is 1. The van der Waals surface area contributed by atoms with E-state index in [-0.39, 0.29) is 5.91 Å². The summed E-state index contributed by atoms with van der Waals surface area (Å²) >= 11 is 1.53. The van der Waals surface area contributed by atoms with Gasteiger partial charge in [-0.05, 0) is 43.0 Å². The average Bonchev–Trinajstić information content (AvgIpc) is 3.05. The van der Waals surface area contributed by atoms with Crippen LogP contribution in [0.2, 0.25) is 0 Å². The van der Waals surface area contributed by atoms with E-state index in [4.69, 9.17) is 4.98 Å². The molecule has 1 saturated heterocycles. The molecule has 1 aliphatic rings. The van der Waals surface area contributed by atoms with Crippen LogP contribution < -0.4 is 0 Å². The smallest absolute Gasteiger partial charge is 0.233 e. The Balaban J connectivity index is 1.59. The number of carbonyl (C=O) groups is 1. The fraction of sp³-hybridized carbons (Fsp3) is 0.333. The monoisotopic (exact) mass is 365 g/mol. The number of likely N-dealkylation sites (tertiary alicyclic amines) is 1. The highest BCUT2D eigenvalue weighted by molar-refractivity contribution is 7.99. The Labute approximate surface area is 158 Å². The summed E-state index contributed by atoms with van der Waals surface area (Å²) in [6.07, 6.45) is 2.33. The molecule has 0 bridgehead atoms. The minimum Gasteiger partial charge on any atom is -0.342 e. The molecule has 0 unspecified atom stereocenters. The van der Waals surface area contributed by atoms with Crippen molar-refractivity contribution in [2.75, 3.05) is 18.8 Å². The number of thioether (sulfide) groups is 1. The Kier molecular flexibility index (Phi) is 4.98. The lowest BCUT2D eigenvalue weighted by molar-refractivity contribution is -0.130. The molecule has 1 atom stereocenters. The van der Waals surface area contributed by atoms with Crippen molar-refractivity contribution in [1.29, 1.82) is 0 Å². The van der Waals surface area contributed by atoms with Crippen LogP contribution in [-0.4, -0.2) is 39.2 Å². The van der Waals surface area contributed by atoms with Crippen molar-refractivity contribution in [3.8, 4) is 5.69 Å². The lowest BCUT2D eigenvalue weighted by atomic mass is 10.0. The molecule has 1 aromatic heterocycles. The van der Waals surface area contributed by atoms with Gasteiger partial charge in [0.1, 0.15) is 0 Å². The Morgan fingerprint density at radius 3 is 2.73 bits per heavy atom. The van der Waals surface area contributed by atoms with Crippen molar-refractivity contribution in [1.82, 2.24) is 14.5 Å². The van der Waals surface area contributed by atoms with Gasteiger partial charge in [-0.25, -0.2) is 4.98 Å². The SMILES string of the molecule is C[C@@H]1CCCN(C(=O)CSc2nc3ccccc3n2-c2ccccc2)C1. The topological polar surface area (TPSA) is 38.1 Å². The summed E-state index contributed by atoms with van der Waals surface area (Å²) < 4.78 is 2.14. The standard InChI is InChI=1S/C21H23N3OS/c1-16-8-7-13-23(14-16)20(25)15-26-21-22-18-11-5-6-12-19(18)24(21)17-9-3-2-4-10-17/h2-6,9-12,16H,7-8,13-15H2,1H3/t16-/m1/s1. The number of amides is 1. The Hall–Kier alpha value is -2.27. The summed E-state index contributed by atoms with van der Waals surface area (Å²) in [5, 5.41) is 0.871. The minimum atomic E-state index is 0.216. The molecular weight excluding hydrogens is 342 g/mol. The quantitative estimate of drug-likeness (QED) is 0.644. The second-order valence-electron chi connectivity index (χ2n) is 6.93. The van der Waals surface area contributed by atoms with E-state index < -0.39 is 0 Å². The van der Waals surface area contributed by atoms with Crippen LogP contribution in [0.3, 0.4) is 0 Å². The lowest BCUT2D eigenvalue weighted by Gasteiger charge is -2.30. The summed E-state index contributed by atoms with van der Waals surface area (Å²) in [6.45, 7) is 3.99. The molecule has 0 saturated carbocycles. The largest absolute Gasteiger partial charge is 0.342 e. The molecule has 1 amide bonds. The summed E-state index contributed by atoms with van der Waals surface area (Å²) in [6, 6.07) is 18.3. The van der Waals surface area contributed by atoms with Crippen LogP contribution in [0.15, 0.2) is 59.8 Å². The molecule has 134 valence electrons. The van der Waals surface area contributed by atoms with Gasteiger partial charge in [0, 0.05) is 18.8 Å². The van der Waals surface area contributed by atoms with Gasteiger partial charge < -0.3 is 4.90 Å². The average molecular weight is 366 g/mol. The number of rotatable bonds is 4. The highest BCUT2D eigenvalue weighted by Gasteiger charge is 2.22. The van der Waals surface area contributed by atoms with Crippen LogP contribution in [0.25, 0.3) is 16.7 Å². The van der Waals surface area contributed by atoms with Crippen molar-refractivity contribution in [2.24, 2.45) is 5.92 Å². The van der Waals surface area contributed by atoms with Gasteiger partial charge in [0.25, 0.3) is 0 Å². The zero-order chi connectivity index (χ0) is 17.9. The number of nitrogens with zero attached hydrogens (tertiary/aromatic N) is 3. The van der Waals surface area contributed by atoms with Gasteiger partial charge >= 0.3 is 0 Å². The highest BCUT2D eigenvalue weighted by Crippen LogP contribution is 2.28. The molecule has 0 aliphatic carbocycles. The number of hydrogen-bond donors (Lipinski definition) is 0. The van der Waals surface area contributed by atoms with E-state index in [2.05, 4.69) is 29.7 Å². The maximum atomic E-state index is 12.6. The van der Waals surface area contributed by atoms with Crippen molar-refractivity contribution in [3.05, 3.63) is 54.6 Å². The first kappa shape index (κ1) is 17.2. The van der Waals surface area contributed by atoms with Crippen molar-refractivity contribution >= 4 is 28.7 Å². The molecule has 26 heavy (non-hydrogen) atoms. The Bertz CT molecular complexity index is 906. The predicted molar refractivity (Wildman–Crippen MR) is 107 cm³/mol. The van der Waals surface area contributed by atoms with Crippen LogP contribution in [0.5, 0.6) is 0 Å². The number of para-hydroxylation sites is 3. The van der Waals surface area contributed by atoms with E-state index >= 15 is 0 Å². The molecule has 0 N–H and O–H groups in total. The van der Waals surface area contributed by atoms with E-state index in [1.807, 2.05) is 41.3 Å². The van der Waals surface area contributed by atoms with Gasteiger partial charge in [-0.3, -0.25) is 9.36 Å². The molecule has 0 radical (unpaired) electrons. The summed E-state index contributed by atoms with van der Waals surface area (Å²) in [4.78, 5) is 19.4. The van der Waals surface area contributed by atoms with Gasteiger partial charge in [0.05, 0.1) is 16.8 Å². The zero-order valence-electron chi connectivity index (χ0n) is 15.0. The summed E-state index contributed by atoms with van der Waals surface area (Å²) in [5.74, 6) is 1.25. The van der Waals surface area contributed by atoms with E-state index in [0.717, 1.165) is 41.4 Å². The van der Waals surface area contributed by atoms with Crippen LogP contribution in [0, 0.1) is 5.92 Å². The second-order valence-corrected chi connectivity index (χ2v) is 7.87. The third-order valence-corrected chi connectivity index (χ3v) is 5.80. The molecule has 4 rings (SSSR count). The molecule has 3 aromatic rings. The third-order valence-electron chi connectivity index (χ3n) is 4.88. The van der Waals surface area contributed by atoms with Crippen LogP contribution >= 0.6 is 11.8 Å². The van der Waals surface area contributed by atoms with Crippen molar-refractivity contribution < 1.29 is 4.79 Å². The molecule has 1 aliphatic heterocycles. The van der Waals surface area contributed by atoms with E-state index in [0.29, 0.717) is 11.7 Å². The fourth-order valence-electron chi connectivity index (χ4n) is 3.56. The number of imidazole rings is 1. The first-order valence-electron chi connectivity index (χ1n) is 9.16. The van der Waals surface area contributed by atoms with Crippen LogP contribution in [-0.2, 0) is 4.79 Å². The molecule has 1 fully saturated rings. The number of hydrogen-bond acceptors (Lipinski definition) is 3. The molecule has 5 heteroatoms. The van der Waals surface area contributed by atoms with Gasteiger partial charge in [0.2, 0.25) is 5.91 Å². The minimum absolute atomic E-state index is 0.216. The Morgan fingerprint density at radius 2 is 1.92 bits per heavy atom. The first-order valence-corrected chi connectivity index (χ1v) is 10.1. The summed E-state index contributed by atoms with van der Waals surface area (Å²) in [7, 11) is 0. The van der Waals surface area contributed by atoms with Gasteiger partial charge in [-0.15, -0.1) is 0 Å². The number of fused-ring (bicyclic) bond motifs is 1. The number of carbonyl (C=O) groups excluding carboxylic acids is 1. The number of aromatic nitrogens is 2. The van der Waals surface area contributed by atoms with Gasteiger partial charge in [0.15, 0.2) is 5.16 Å². The van der Waals surface area contributed by atoms with E-state index in [1.165, 1.54) is 18.2 Å².